The summed E-state index contributed by atoms with van der Waals surface area (Å²) in [4.78, 5) is 23.9. The zero-order chi connectivity index (χ0) is 22.3. The Balaban J connectivity index is 1.22. The van der Waals surface area contributed by atoms with Crippen molar-refractivity contribution in [1.29, 1.82) is 0 Å². The second-order valence-corrected chi connectivity index (χ2v) is 8.81. The molecule has 1 amide bonds. The van der Waals surface area contributed by atoms with E-state index in [2.05, 4.69) is 14.8 Å². The first-order chi connectivity index (χ1) is 15.6. The highest BCUT2D eigenvalue weighted by Crippen LogP contribution is 2.31. The number of piperazine rings is 1. The number of ether oxygens (including phenoxy) is 1. The highest BCUT2D eigenvalue weighted by molar-refractivity contribution is 5.76. The van der Waals surface area contributed by atoms with Crippen LogP contribution in [-0.4, -0.2) is 72.2 Å². The van der Waals surface area contributed by atoms with Crippen LogP contribution in [0.5, 0.6) is 11.5 Å². The van der Waals surface area contributed by atoms with E-state index in [9.17, 15) is 9.90 Å². The highest BCUT2D eigenvalue weighted by Gasteiger charge is 2.25. The second-order valence-electron chi connectivity index (χ2n) is 8.81. The Morgan fingerprint density at radius 3 is 2.72 bits per heavy atom. The third-order valence-corrected chi connectivity index (χ3v) is 6.67. The molecule has 4 rings (SSSR count). The van der Waals surface area contributed by atoms with Crippen LogP contribution in [0.25, 0.3) is 0 Å². The van der Waals surface area contributed by atoms with Gasteiger partial charge in [-0.05, 0) is 49.9 Å². The van der Waals surface area contributed by atoms with E-state index in [0.29, 0.717) is 24.6 Å². The van der Waals surface area contributed by atoms with Crippen molar-refractivity contribution in [1.82, 2.24) is 14.8 Å². The van der Waals surface area contributed by atoms with Crippen molar-refractivity contribution < 1.29 is 14.6 Å². The number of hydrogen-bond donors (Lipinski definition) is 1. The lowest BCUT2D eigenvalue weighted by Crippen LogP contribution is -2.49. The minimum Gasteiger partial charge on any atom is -0.504 e. The Morgan fingerprint density at radius 1 is 1.12 bits per heavy atom. The molecule has 7 heteroatoms. The van der Waals surface area contributed by atoms with Crippen LogP contribution in [0.15, 0.2) is 42.6 Å². The molecule has 172 valence electrons. The summed E-state index contributed by atoms with van der Waals surface area (Å²) in [5.74, 6) is 2.54. The van der Waals surface area contributed by atoms with Crippen molar-refractivity contribution in [2.24, 2.45) is 5.92 Å². The molecule has 0 aliphatic carbocycles. The Bertz CT molecular complexity index is 884. The molecule has 0 bridgehead atoms. The van der Waals surface area contributed by atoms with Gasteiger partial charge in [0.2, 0.25) is 5.91 Å². The predicted molar refractivity (Wildman–Crippen MR) is 125 cm³/mol. The second kappa shape index (κ2) is 10.7. The Hall–Kier alpha value is -2.80. The number of carbonyl (C=O) groups is 1. The van der Waals surface area contributed by atoms with Crippen LogP contribution in [0.3, 0.4) is 0 Å². The van der Waals surface area contributed by atoms with Gasteiger partial charge in [-0.3, -0.25) is 9.69 Å². The molecule has 2 aliphatic heterocycles. The lowest BCUT2D eigenvalue weighted by Gasteiger charge is -2.36. The Morgan fingerprint density at radius 2 is 1.97 bits per heavy atom. The molecule has 2 aliphatic rings. The van der Waals surface area contributed by atoms with Crippen LogP contribution in [0.1, 0.15) is 31.2 Å². The molecule has 2 saturated heterocycles. The number of rotatable bonds is 7. The predicted octanol–water partition coefficient (Wildman–Crippen LogP) is 3.14. The van der Waals surface area contributed by atoms with Crippen LogP contribution in [-0.2, 0) is 11.3 Å². The van der Waals surface area contributed by atoms with Gasteiger partial charge in [-0.25, -0.2) is 4.98 Å². The number of para-hydroxylation sites is 1. The monoisotopic (exact) mass is 438 g/mol. The highest BCUT2D eigenvalue weighted by atomic mass is 16.5. The number of piperidine rings is 1. The number of aromatic hydroxyl groups is 1. The van der Waals surface area contributed by atoms with Crippen LogP contribution < -0.4 is 9.64 Å². The number of nitrogens with zero attached hydrogens (tertiary/aromatic N) is 4. The van der Waals surface area contributed by atoms with Crippen molar-refractivity contribution in [3.8, 4) is 11.5 Å². The number of anilines is 1. The summed E-state index contributed by atoms with van der Waals surface area (Å²) < 4.78 is 5.23. The molecule has 7 nitrogen and oxygen atoms in total. The van der Waals surface area contributed by atoms with Crippen molar-refractivity contribution in [2.75, 3.05) is 51.3 Å². The summed E-state index contributed by atoms with van der Waals surface area (Å²) in [7, 11) is 1.57. The average Bonchev–Trinajstić information content (AvgIpc) is 2.85. The van der Waals surface area contributed by atoms with E-state index in [-0.39, 0.29) is 11.7 Å². The van der Waals surface area contributed by atoms with Gasteiger partial charge in [-0.2, -0.15) is 0 Å². The number of phenols is 1. The molecule has 1 atom stereocenters. The first kappa shape index (κ1) is 22.4. The normalized spacial score (nSPS) is 19.7. The summed E-state index contributed by atoms with van der Waals surface area (Å²) in [6, 6.07) is 11.6. The quantitative estimate of drug-likeness (QED) is 0.716. The summed E-state index contributed by atoms with van der Waals surface area (Å²) in [6.07, 6.45) is 5.66. The first-order valence-corrected chi connectivity index (χ1v) is 11.6. The van der Waals surface area contributed by atoms with E-state index in [4.69, 9.17) is 4.74 Å². The number of aromatic nitrogens is 1. The standard InChI is InChI=1S/C25H34N4O3/c1-32-22-8-4-7-21(25(22)31)19-27-13-5-6-20(18-27)10-11-24(30)29-16-14-28(15-17-29)23-9-2-3-12-26-23/h2-4,7-9,12,20,31H,5-6,10-11,13-19H2,1H3. The zero-order valence-electron chi connectivity index (χ0n) is 18.9. The van der Waals surface area contributed by atoms with Crippen LogP contribution >= 0.6 is 0 Å². The molecule has 0 saturated carbocycles. The molecule has 1 unspecified atom stereocenters. The molecule has 1 N–H and O–H groups in total. The molecule has 0 radical (unpaired) electrons. The molecular formula is C25H34N4O3. The van der Waals surface area contributed by atoms with Crippen LogP contribution in [0.4, 0.5) is 5.82 Å². The molecule has 32 heavy (non-hydrogen) atoms. The fourth-order valence-corrected chi connectivity index (χ4v) is 4.84. The maximum atomic E-state index is 12.8. The summed E-state index contributed by atoms with van der Waals surface area (Å²) in [5, 5.41) is 10.4. The number of pyridine rings is 1. The van der Waals surface area contributed by atoms with Crippen LogP contribution in [0.2, 0.25) is 0 Å². The minimum atomic E-state index is 0.233. The van der Waals surface area contributed by atoms with E-state index >= 15 is 0 Å². The van der Waals surface area contributed by atoms with E-state index in [0.717, 1.165) is 63.5 Å². The summed E-state index contributed by atoms with van der Waals surface area (Å²) in [5.41, 5.74) is 0.895. The number of likely N-dealkylation sites (tertiary alicyclic amines) is 1. The van der Waals surface area contributed by atoms with Gasteiger partial charge in [0.25, 0.3) is 0 Å². The van der Waals surface area contributed by atoms with Gasteiger partial charge >= 0.3 is 0 Å². The van der Waals surface area contributed by atoms with Crippen molar-refractivity contribution in [3.63, 3.8) is 0 Å². The molecule has 1 aromatic heterocycles. The Kier molecular flexibility index (Phi) is 7.47. The van der Waals surface area contributed by atoms with Gasteiger partial charge in [-0.1, -0.05) is 18.2 Å². The van der Waals surface area contributed by atoms with Gasteiger partial charge in [0.1, 0.15) is 5.82 Å². The van der Waals surface area contributed by atoms with E-state index in [1.54, 1.807) is 13.2 Å². The van der Waals surface area contributed by atoms with Gasteiger partial charge in [0, 0.05) is 57.4 Å². The molecule has 2 aromatic rings. The zero-order valence-corrected chi connectivity index (χ0v) is 18.9. The van der Waals surface area contributed by atoms with Gasteiger partial charge in [0.15, 0.2) is 11.5 Å². The lowest BCUT2D eigenvalue weighted by atomic mass is 9.92. The topological polar surface area (TPSA) is 69.1 Å². The third-order valence-electron chi connectivity index (χ3n) is 6.67. The SMILES string of the molecule is COc1cccc(CN2CCCC(CCC(=O)N3CCN(c4ccccn4)CC3)C2)c1O. The largest absolute Gasteiger partial charge is 0.504 e. The number of amides is 1. The van der Waals surface area contributed by atoms with E-state index in [1.165, 1.54) is 6.42 Å². The molecule has 1 aromatic carbocycles. The maximum Gasteiger partial charge on any atom is 0.222 e. The first-order valence-electron chi connectivity index (χ1n) is 11.6. The van der Waals surface area contributed by atoms with Crippen molar-refractivity contribution in [3.05, 3.63) is 48.2 Å². The van der Waals surface area contributed by atoms with Gasteiger partial charge in [0.05, 0.1) is 7.11 Å². The smallest absolute Gasteiger partial charge is 0.222 e. The van der Waals surface area contributed by atoms with E-state index in [1.807, 2.05) is 41.4 Å². The number of carbonyl (C=O) groups excluding carboxylic acids is 1. The molecule has 3 heterocycles. The fraction of sp³-hybridized carbons (Fsp3) is 0.520. The minimum absolute atomic E-state index is 0.233. The number of methoxy groups -OCH3 is 1. The third kappa shape index (κ3) is 5.51. The lowest BCUT2D eigenvalue weighted by molar-refractivity contribution is -0.131. The van der Waals surface area contributed by atoms with Gasteiger partial charge < -0.3 is 19.6 Å². The average molecular weight is 439 g/mol. The number of hydrogen-bond acceptors (Lipinski definition) is 6. The number of benzene rings is 1. The van der Waals surface area contributed by atoms with Crippen LogP contribution in [0, 0.1) is 5.92 Å². The summed E-state index contributed by atoms with van der Waals surface area (Å²) >= 11 is 0. The van der Waals surface area contributed by atoms with Gasteiger partial charge in [-0.15, -0.1) is 0 Å². The molecule has 2 fully saturated rings. The number of phenolic OH excluding ortho intramolecular Hbond substituents is 1. The maximum absolute atomic E-state index is 12.8. The Labute approximate surface area is 190 Å². The molecule has 0 spiro atoms. The summed E-state index contributed by atoms with van der Waals surface area (Å²) in [6.45, 7) is 5.91. The van der Waals surface area contributed by atoms with E-state index < -0.39 is 0 Å². The fourth-order valence-electron chi connectivity index (χ4n) is 4.84. The van der Waals surface area contributed by atoms with Crippen molar-refractivity contribution >= 4 is 11.7 Å². The molecular weight excluding hydrogens is 404 g/mol. The van der Waals surface area contributed by atoms with Crippen molar-refractivity contribution in [2.45, 2.75) is 32.2 Å².